The molecule has 0 atom stereocenters. The van der Waals surface area contributed by atoms with E-state index in [2.05, 4.69) is 15.5 Å². The highest BCUT2D eigenvalue weighted by Crippen LogP contribution is 2.30. The van der Waals surface area contributed by atoms with Gasteiger partial charge in [-0.2, -0.15) is 0 Å². The molecule has 2 N–H and O–H groups in total. The fraction of sp³-hybridized carbons (Fsp3) is 0.318. The zero-order valence-corrected chi connectivity index (χ0v) is 16.6. The lowest BCUT2D eigenvalue weighted by Crippen LogP contribution is -2.38. The van der Waals surface area contributed by atoms with Crippen molar-refractivity contribution in [1.82, 2.24) is 0 Å². The Morgan fingerprint density at radius 1 is 1.07 bits per heavy atom. The fourth-order valence-electron chi connectivity index (χ4n) is 3.49. The molecule has 1 saturated heterocycles. The molecule has 2 aromatic rings. The molecule has 7 heteroatoms. The minimum atomic E-state index is -0.180. The molecular weight excluding hydrogens is 370 g/mol. The van der Waals surface area contributed by atoms with Crippen molar-refractivity contribution >= 4 is 35.2 Å². The number of carbonyl (C=O) groups excluding carboxylic acids is 3. The predicted octanol–water partition coefficient (Wildman–Crippen LogP) is 3.32. The molecule has 2 amide bonds. The van der Waals surface area contributed by atoms with Crippen molar-refractivity contribution in [2.75, 3.05) is 35.7 Å². The highest BCUT2D eigenvalue weighted by atomic mass is 16.5. The van der Waals surface area contributed by atoms with E-state index >= 15 is 0 Å². The summed E-state index contributed by atoms with van der Waals surface area (Å²) in [7, 11) is 1.54. The number of benzene rings is 2. The van der Waals surface area contributed by atoms with Crippen LogP contribution in [0.15, 0.2) is 42.5 Å². The van der Waals surface area contributed by atoms with E-state index in [9.17, 15) is 14.4 Å². The number of methoxy groups -OCH3 is 1. The SMILES string of the molecule is COc1ccc(NC(C)=O)cc1NC(=O)C1CCN(c2ccc(C=O)cc2)CC1. The van der Waals surface area contributed by atoms with Crippen molar-refractivity contribution in [3.05, 3.63) is 48.0 Å². The number of aldehydes is 1. The minimum Gasteiger partial charge on any atom is -0.495 e. The number of hydrogen-bond donors (Lipinski definition) is 2. The molecule has 0 spiro atoms. The van der Waals surface area contributed by atoms with Crippen LogP contribution in [0.5, 0.6) is 5.75 Å². The van der Waals surface area contributed by atoms with Gasteiger partial charge in [-0.3, -0.25) is 14.4 Å². The molecule has 152 valence electrons. The summed E-state index contributed by atoms with van der Waals surface area (Å²) in [6.45, 7) is 2.96. The molecule has 1 fully saturated rings. The molecule has 1 aliphatic rings. The smallest absolute Gasteiger partial charge is 0.227 e. The third-order valence-corrected chi connectivity index (χ3v) is 5.04. The lowest BCUT2D eigenvalue weighted by atomic mass is 9.95. The number of piperidine rings is 1. The third kappa shape index (κ3) is 5.13. The second-order valence-electron chi connectivity index (χ2n) is 7.06. The fourth-order valence-corrected chi connectivity index (χ4v) is 3.49. The van der Waals surface area contributed by atoms with Gasteiger partial charge in [-0.1, -0.05) is 0 Å². The molecule has 7 nitrogen and oxygen atoms in total. The summed E-state index contributed by atoms with van der Waals surface area (Å²) in [4.78, 5) is 37.1. The number of nitrogens with one attached hydrogen (secondary N) is 2. The summed E-state index contributed by atoms with van der Waals surface area (Å²) in [5.41, 5.74) is 2.84. The number of ether oxygens (including phenoxy) is 1. The van der Waals surface area contributed by atoms with Crippen LogP contribution in [0.4, 0.5) is 17.1 Å². The zero-order chi connectivity index (χ0) is 20.8. The molecule has 0 radical (unpaired) electrons. The number of amides is 2. The Morgan fingerprint density at radius 2 is 1.76 bits per heavy atom. The number of nitrogens with zero attached hydrogens (tertiary/aromatic N) is 1. The average molecular weight is 395 g/mol. The van der Waals surface area contributed by atoms with Crippen molar-refractivity contribution in [2.24, 2.45) is 5.92 Å². The van der Waals surface area contributed by atoms with Gasteiger partial charge in [0.05, 0.1) is 12.8 Å². The average Bonchev–Trinajstić information content (AvgIpc) is 2.74. The van der Waals surface area contributed by atoms with Gasteiger partial charge in [0.25, 0.3) is 0 Å². The van der Waals surface area contributed by atoms with Crippen LogP contribution < -0.4 is 20.3 Å². The second kappa shape index (κ2) is 9.23. The molecule has 0 unspecified atom stereocenters. The molecule has 0 bridgehead atoms. The van der Waals surface area contributed by atoms with Gasteiger partial charge in [0.1, 0.15) is 12.0 Å². The number of rotatable bonds is 6. The lowest BCUT2D eigenvalue weighted by molar-refractivity contribution is -0.120. The highest BCUT2D eigenvalue weighted by Gasteiger charge is 2.26. The maximum Gasteiger partial charge on any atom is 0.227 e. The maximum atomic E-state index is 12.8. The van der Waals surface area contributed by atoms with Crippen LogP contribution in [0.2, 0.25) is 0 Å². The Balaban J connectivity index is 1.62. The van der Waals surface area contributed by atoms with Crippen molar-refractivity contribution in [3.63, 3.8) is 0 Å². The summed E-state index contributed by atoms with van der Waals surface area (Å²) in [5, 5.41) is 5.65. The normalized spacial score (nSPS) is 14.2. The summed E-state index contributed by atoms with van der Waals surface area (Å²) >= 11 is 0. The molecular formula is C22H25N3O4. The topological polar surface area (TPSA) is 87.7 Å². The first-order valence-electron chi connectivity index (χ1n) is 9.57. The van der Waals surface area contributed by atoms with E-state index in [4.69, 9.17) is 4.74 Å². The summed E-state index contributed by atoms with van der Waals surface area (Å²) < 4.78 is 5.33. The second-order valence-corrected chi connectivity index (χ2v) is 7.06. The molecule has 0 aromatic heterocycles. The first kappa shape index (κ1) is 20.4. The van der Waals surface area contributed by atoms with Gasteiger partial charge in [-0.05, 0) is 55.3 Å². The van der Waals surface area contributed by atoms with E-state index in [1.807, 2.05) is 12.1 Å². The highest BCUT2D eigenvalue weighted by molar-refractivity contribution is 5.96. The van der Waals surface area contributed by atoms with Crippen LogP contribution in [0.3, 0.4) is 0 Å². The van der Waals surface area contributed by atoms with Crippen LogP contribution in [-0.4, -0.2) is 38.3 Å². The molecule has 1 aliphatic heterocycles. The molecule has 0 aliphatic carbocycles. The monoisotopic (exact) mass is 395 g/mol. The van der Waals surface area contributed by atoms with Crippen molar-refractivity contribution in [1.29, 1.82) is 0 Å². The van der Waals surface area contributed by atoms with Gasteiger partial charge in [0.15, 0.2) is 0 Å². The van der Waals surface area contributed by atoms with E-state index in [0.717, 1.165) is 37.9 Å². The van der Waals surface area contributed by atoms with E-state index < -0.39 is 0 Å². The minimum absolute atomic E-state index is 0.0563. The largest absolute Gasteiger partial charge is 0.495 e. The van der Waals surface area contributed by atoms with Gasteiger partial charge in [-0.25, -0.2) is 0 Å². The molecule has 1 heterocycles. The van der Waals surface area contributed by atoms with Gasteiger partial charge >= 0.3 is 0 Å². The van der Waals surface area contributed by atoms with Gasteiger partial charge < -0.3 is 20.3 Å². The van der Waals surface area contributed by atoms with Crippen LogP contribution >= 0.6 is 0 Å². The lowest BCUT2D eigenvalue weighted by Gasteiger charge is -2.33. The molecule has 0 saturated carbocycles. The standard InChI is InChI=1S/C22H25N3O4/c1-15(27)23-18-5-8-21(29-2)20(13-18)24-22(28)17-9-11-25(12-10-17)19-6-3-16(14-26)4-7-19/h3-8,13-14,17H,9-12H2,1-2H3,(H,23,27)(H,24,28). The van der Waals surface area contributed by atoms with E-state index in [-0.39, 0.29) is 17.7 Å². The van der Waals surface area contributed by atoms with E-state index in [1.54, 1.807) is 30.3 Å². The Hall–Kier alpha value is -3.35. The van der Waals surface area contributed by atoms with Crippen molar-refractivity contribution in [2.45, 2.75) is 19.8 Å². The van der Waals surface area contributed by atoms with Gasteiger partial charge in [-0.15, -0.1) is 0 Å². The third-order valence-electron chi connectivity index (χ3n) is 5.04. The first-order valence-corrected chi connectivity index (χ1v) is 9.57. The maximum absolute atomic E-state index is 12.8. The predicted molar refractivity (Wildman–Crippen MR) is 113 cm³/mol. The quantitative estimate of drug-likeness (QED) is 0.733. The molecule has 29 heavy (non-hydrogen) atoms. The van der Waals surface area contributed by atoms with Gasteiger partial charge in [0.2, 0.25) is 11.8 Å². The summed E-state index contributed by atoms with van der Waals surface area (Å²) in [5.74, 6) is 0.204. The van der Waals surface area contributed by atoms with Crippen molar-refractivity contribution in [3.8, 4) is 5.75 Å². The molecule has 3 rings (SSSR count). The summed E-state index contributed by atoms with van der Waals surface area (Å²) in [6, 6.07) is 12.6. The Kier molecular flexibility index (Phi) is 6.49. The number of hydrogen-bond acceptors (Lipinski definition) is 5. The van der Waals surface area contributed by atoms with Crippen LogP contribution in [0, 0.1) is 5.92 Å². The zero-order valence-electron chi connectivity index (χ0n) is 16.6. The Labute approximate surface area is 170 Å². The first-order chi connectivity index (χ1) is 14.0. The Morgan fingerprint density at radius 3 is 2.34 bits per heavy atom. The molecule has 2 aromatic carbocycles. The Bertz CT molecular complexity index is 887. The van der Waals surface area contributed by atoms with Gasteiger partial charge in [0, 0.05) is 42.9 Å². The van der Waals surface area contributed by atoms with Crippen LogP contribution in [-0.2, 0) is 9.59 Å². The summed E-state index contributed by atoms with van der Waals surface area (Å²) in [6.07, 6.45) is 2.29. The number of anilines is 3. The van der Waals surface area contributed by atoms with Crippen molar-refractivity contribution < 1.29 is 19.1 Å². The van der Waals surface area contributed by atoms with Crippen LogP contribution in [0.25, 0.3) is 0 Å². The van der Waals surface area contributed by atoms with E-state index in [0.29, 0.717) is 22.7 Å². The number of carbonyl (C=O) groups is 3. The van der Waals surface area contributed by atoms with E-state index in [1.165, 1.54) is 14.0 Å². The van der Waals surface area contributed by atoms with Crippen LogP contribution in [0.1, 0.15) is 30.1 Å².